The fourth-order valence-corrected chi connectivity index (χ4v) is 2.26. The van der Waals surface area contributed by atoms with Gasteiger partial charge in [-0.25, -0.2) is 0 Å². The van der Waals surface area contributed by atoms with Crippen LogP contribution in [0.15, 0.2) is 18.2 Å². The summed E-state index contributed by atoms with van der Waals surface area (Å²) >= 11 is 0. The van der Waals surface area contributed by atoms with Crippen molar-refractivity contribution in [1.82, 2.24) is 5.32 Å². The van der Waals surface area contributed by atoms with Gasteiger partial charge in [-0.05, 0) is 44.4 Å². The van der Waals surface area contributed by atoms with E-state index in [1.54, 1.807) is 7.11 Å². The van der Waals surface area contributed by atoms with Crippen LogP contribution in [0.5, 0.6) is 5.75 Å². The molecule has 19 heavy (non-hydrogen) atoms. The molecule has 2 unspecified atom stereocenters. The van der Waals surface area contributed by atoms with Crippen molar-refractivity contribution < 1.29 is 4.74 Å². The van der Waals surface area contributed by atoms with E-state index in [-0.39, 0.29) is 6.04 Å². The molecule has 0 aliphatic heterocycles. The van der Waals surface area contributed by atoms with E-state index in [2.05, 4.69) is 37.4 Å². The lowest BCUT2D eigenvalue weighted by Gasteiger charge is -2.21. The average molecular weight is 264 g/mol. The highest BCUT2D eigenvalue weighted by molar-refractivity contribution is 5.40. The second-order valence-electron chi connectivity index (χ2n) is 5.55. The van der Waals surface area contributed by atoms with Gasteiger partial charge in [-0.3, -0.25) is 0 Å². The average Bonchev–Trinajstić information content (AvgIpc) is 2.39. The van der Waals surface area contributed by atoms with E-state index in [9.17, 15) is 0 Å². The Labute approximate surface area is 117 Å². The van der Waals surface area contributed by atoms with Gasteiger partial charge in [-0.2, -0.15) is 0 Å². The third-order valence-electron chi connectivity index (χ3n) is 3.56. The summed E-state index contributed by atoms with van der Waals surface area (Å²) in [6, 6.07) is 7.05. The maximum absolute atomic E-state index is 5.85. The summed E-state index contributed by atoms with van der Waals surface area (Å²) in [5.74, 6) is 1.48. The summed E-state index contributed by atoms with van der Waals surface area (Å²) in [7, 11) is 3.73. The first-order valence-corrected chi connectivity index (χ1v) is 7.10. The Bertz CT molecular complexity index is 388. The van der Waals surface area contributed by atoms with Gasteiger partial charge in [0.1, 0.15) is 5.75 Å². The van der Waals surface area contributed by atoms with E-state index in [1.807, 2.05) is 14.0 Å². The Morgan fingerprint density at radius 2 is 1.89 bits per heavy atom. The predicted octanol–water partition coefficient (Wildman–Crippen LogP) is 3.21. The topological polar surface area (TPSA) is 47.3 Å². The molecule has 1 aromatic rings. The molecule has 0 aliphatic rings. The quantitative estimate of drug-likeness (QED) is 0.795. The van der Waals surface area contributed by atoms with Crippen molar-refractivity contribution in [3.63, 3.8) is 0 Å². The number of hydrogen-bond acceptors (Lipinski definition) is 3. The van der Waals surface area contributed by atoms with Crippen LogP contribution < -0.4 is 15.8 Å². The summed E-state index contributed by atoms with van der Waals surface area (Å²) in [4.78, 5) is 0. The Kier molecular flexibility index (Phi) is 6.32. The first-order chi connectivity index (χ1) is 8.99. The molecule has 0 aliphatic carbocycles. The first kappa shape index (κ1) is 16.0. The van der Waals surface area contributed by atoms with Gasteiger partial charge in [0, 0.05) is 17.6 Å². The van der Waals surface area contributed by atoms with E-state index < -0.39 is 0 Å². The zero-order chi connectivity index (χ0) is 14.4. The SMILES string of the molecule is CNC(CCC(C)N)c1ccc(C(C)C)cc1OC. The van der Waals surface area contributed by atoms with Crippen molar-refractivity contribution in [2.24, 2.45) is 5.73 Å². The van der Waals surface area contributed by atoms with Crippen LogP contribution in [0.3, 0.4) is 0 Å². The lowest BCUT2D eigenvalue weighted by Crippen LogP contribution is -2.22. The molecule has 2 atom stereocenters. The van der Waals surface area contributed by atoms with Gasteiger partial charge in [0.05, 0.1) is 7.11 Å². The van der Waals surface area contributed by atoms with Gasteiger partial charge in [0.15, 0.2) is 0 Å². The summed E-state index contributed by atoms with van der Waals surface area (Å²) in [5, 5.41) is 3.36. The number of nitrogens with one attached hydrogen (secondary N) is 1. The number of ether oxygens (including phenoxy) is 1. The van der Waals surface area contributed by atoms with Gasteiger partial charge in [-0.15, -0.1) is 0 Å². The Balaban J connectivity index is 2.96. The van der Waals surface area contributed by atoms with Gasteiger partial charge >= 0.3 is 0 Å². The van der Waals surface area contributed by atoms with E-state index in [0.29, 0.717) is 12.0 Å². The van der Waals surface area contributed by atoms with Crippen molar-refractivity contribution in [1.29, 1.82) is 0 Å². The van der Waals surface area contributed by atoms with Crippen molar-refractivity contribution >= 4 is 0 Å². The Morgan fingerprint density at radius 3 is 2.37 bits per heavy atom. The molecule has 3 N–H and O–H groups in total. The molecule has 3 nitrogen and oxygen atoms in total. The molecule has 0 fully saturated rings. The van der Waals surface area contributed by atoms with Crippen LogP contribution in [0, 0.1) is 0 Å². The number of rotatable bonds is 7. The monoisotopic (exact) mass is 264 g/mol. The first-order valence-electron chi connectivity index (χ1n) is 7.10. The van der Waals surface area contributed by atoms with E-state index in [4.69, 9.17) is 10.5 Å². The van der Waals surface area contributed by atoms with Crippen LogP contribution in [0.4, 0.5) is 0 Å². The maximum Gasteiger partial charge on any atom is 0.123 e. The molecule has 3 heteroatoms. The largest absolute Gasteiger partial charge is 0.496 e. The maximum atomic E-state index is 5.85. The molecule has 108 valence electrons. The number of benzene rings is 1. The number of hydrogen-bond donors (Lipinski definition) is 2. The highest BCUT2D eigenvalue weighted by atomic mass is 16.5. The summed E-state index contributed by atoms with van der Waals surface area (Å²) in [5.41, 5.74) is 8.37. The van der Waals surface area contributed by atoms with Crippen LogP contribution in [-0.2, 0) is 0 Å². The Morgan fingerprint density at radius 1 is 1.21 bits per heavy atom. The second kappa shape index (κ2) is 7.51. The highest BCUT2D eigenvalue weighted by Gasteiger charge is 2.16. The van der Waals surface area contributed by atoms with E-state index in [0.717, 1.165) is 18.6 Å². The minimum absolute atomic E-state index is 0.233. The predicted molar refractivity (Wildman–Crippen MR) is 81.8 cm³/mol. The van der Waals surface area contributed by atoms with E-state index in [1.165, 1.54) is 11.1 Å². The molecule has 0 spiro atoms. The lowest BCUT2D eigenvalue weighted by molar-refractivity contribution is 0.395. The number of nitrogens with two attached hydrogens (primary N) is 1. The van der Waals surface area contributed by atoms with Crippen molar-refractivity contribution in [3.05, 3.63) is 29.3 Å². The molecular formula is C16H28N2O. The molecule has 0 radical (unpaired) electrons. The molecular weight excluding hydrogens is 236 g/mol. The zero-order valence-electron chi connectivity index (χ0n) is 12.9. The van der Waals surface area contributed by atoms with Crippen LogP contribution in [-0.4, -0.2) is 20.2 Å². The van der Waals surface area contributed by atoms with Crippen LogP contribution in [0.25, 0.3) is 0 Å². The molecule has 0 bridgehead atoms. The van der Waals surface area contributed by atoms with Crippen molar-refractivity contribution in [2.75, 3.05) is 14.2 Å². The molecule has 0 amide bonds. The highest BCUT2D eigenvalue weighted by Crippen LogP contribution is 2.31. The fourth-order valence-electron chi connectivity index (χ4n) is 2.26. The van der Waals surface area contributed by atoms with Gasteiger partial charge in [0.2, 0.25) is 0 Å². The normalized spacial score (nSPS) is 14.5. The fraction of sp³-hybridized carbons (Fsp3) is 0.625. The molecule has 1 rings (SSSR count). The molecule has 0 heterocycles. The standard InChI is InChI=1S/C16H28N2O/c1-11(2)13-7-8-14(16(10-13)19-5)15(18-4)9-6-12(3)17/h7-8,10-12,15,18H,6,9,17H2,1-5H3. The second-order valence-corrected chi connectivity index (χ2v) is 5.55. The van der Waals surface area contributed by atoms with Crippen molar-refractivity contribution in [2.45, 2.75) is 51.6 Å². The van der Waals surface area contributed by atoms with E-state index >= 15 is 0 Å². The summed E-state index contributed by atoms with van der Waals surface area (Å²) < 4.78 is 5.55. The smallest absolute Gasteiger partial charge is 0.123 e. The third-order valence-corrected chi connectivity index (χ3v) is 3.56. The molecule has 1 aromatic carbocycles. The van der Waals surface area contributed by atoms with Crippen LogP contribution in [0.2, 0.25) is 0 Å². The van der Waals surface area contributed by atoms with Crippen LogP contribution in [0.1, 0.15) is 56.7 Å². The number of methoxy groups -OCH3 is 1. The minimum Gasteiger partial charge on any atom is -0.496 e. The minimum atomic E-state index is 0.233. The van der Waals surface area contributed by atoms with Crippen LogP contribution >= 0.6 is 0 Å². The summed E-state index contributed by atoms with van der Waals surface area (Å²) in [6.45, 7) is 6.44. The lowest BCUT2D eigenvalue weighted by atomic mass is 9.95. The zero-order valence-corrected chi connectivity index (χ0v) is 12.9. The van der Waals surface area contributed by atoms with Gasteiger partial charge < -0.3 is 15.8 Å². The Hall–Kier alpha value is -1.06. The van der Waals surface area contributed by atoms with Gasteiger partial charge in [-0.1, -0.05) is 26.0 Å². The van der Waals surface area contributed by atoms with Gasteiger partial charge in [0.25, 0.3) is 0 Å². The third kappa shape index (κ3) is 4.51. The molecule has 0 saturated heterocycles. The molecule has 0 saturated carbocycles. The van der Waals surface area contributed by atoms with Crippen molar-refractivity contribution in [3.8, 4) is 5.75 Å². The molecule has 0 aromatic heterocycles. The summed E-state index contributed by atoms with van der Waals surface area (Å²) in [6.07, 6.45) is 2.02.